The number of nitrogens with one attached hydrogen (secondary N) is 1. The number of carbonyl (C=O) groups is 2. The Bertz CT molecular complexity index is 1380. The fraction of sp³-hybridized carbons (Fsp3) is 0.192. The van der Waals surface area contributed by atoms with E-state index in [2.05, 4.69) is 10.3 Å². The van der Waals surface area contributed by atoms with Crippen LogP contribution in [0.25, 0.3) is 21.3 Å². The fourth-order valence-electron chi connectivity index (χ4n) is 4.49. The largest absolute Gasteiger partial charge is 0.481 e. The molecule has 5 nitrogen and oxygen atoms in total. The number of ketones is 1. The molecule has 8 heteroatoms. The lowest BCUT2D eigenvalue weighted by Gasteiger charge is -2.14. The molecule has 1 heterocycles. The summed E-state index contributed by atoms with van der Waals surface area (Å²) in [5.74, 6) is -3.36. The SMILES string of the molecule is O=C(O)C1CCCC1C(=O)c1ccc(-c2ccc(Nc3nc4cc(F)cc(F)c4s3)cc2)cc1. The second kappa shape index (κ2) is 8.95. The highest BCUT2D eigenvalue weighted by Gasteiger charge is 2.37. The molecule has 0 radical (unpaired) electrons. The molecule has 1 aromatic heterocycles. The lowest BCUT2D eigenvalue weighted by atomic mass is 9.88. The number of fused-ring (bicyclic) bond motifs is 1. The first-order chi connectivity index (χ1) is 16.4. The van der Waals surface area contributed by atoms with Gasteiger partial charge in [0.15, 0.2) is 10.9 Å². The van der Waals surface area contributed by atoms with E-state index in [1.165, 1.54) is 6.07 Å². The monoisotopic (exact) mass is 478 g/mol. The number of carboxylic acids is 1. The molecule has 2 N–H and O–H groups in total. The summed E-state index contributed by atoms with van der Waals surface area (Å²) in [6.45, 7) is 0. The molecule has 4 aromatic rings. The van der Waals surface area contributed by atoms with Crippen molar-refractivity contribution in [2.75, 3.05) is 5.32 Å². The fourth-order valence-corrected chi connectivity index (χ4v) is 5.36. The molecule has 2 unspecified atom stereocenters. The number of nitrogens with zero attached hydrogens (tertiary/aromatic N) is 1. The number of benzene rings is 3. The minimum absolute atomic E-state index is 0.108. The number of anilines is 2. The lowest BCUT2D eigenvalue weighted by molar-refractivity contribution is -0.142. The Labute approximate surface area is 198 Å². The predicted octanol–water partition coefficient (Wildman–Crippen LogP) is 6.67. The molecule has 0 spiro atoms. The van der Waals surface area contributed by atoms with Crippen molar-refractivity contribution in [3.05, 3.63) is 77.9 Å². The van der Waals surface area contributed by atoms with Crippen LogP contribution in [0.1, 0.15) is 29.6 Å². The number of hydrogen-bond acceptors (Lipinski definition) is 5. The van der Waals surface area contributed by atoms with Crippen LogP contribution in [0.4, 0.5) is 19.6 Å². The van der Waals surface area contributed by atoms with Crippen molar-refractivity contribution in [2.24, 2.45) is 11.8 Å². The van der Waals surface area contributed by atoms with Crippen molar-refractivity contribution in [1.29, 1.82) is 0 Å². The van der Waals surface area contributed by atoms with Crippen LogP contribution in [0.5, 0.6) is 0 Å². The van der Waals surface area contributed by atoms with Crippen LogP contribution in [0, 0.1) is 23.5 Å². The predicted molar refractivity (Wildman–Crippen MR) is 127 cm³/mol. The number of hydrogen-bond donors (Lipinski definition) is 2. The number of thiazole rings is 1. The molecular weight excluding hydrogens is 458 g/mol. The smallest absolute Gasteiger partial charge is 0.307 e. The maximum absolute atomic E-state index is 13.9. The Kier molecular flexibility index (Phi) is 5.83. The Balaban J connectivity index is 1.29. The zero-order chi connectivity index (χ0) is 23.8. The molecule has 0 amide bonds. The number of Topliss-reactive ketones (excluding diaryl/α,β-unsaturated/α-hetero) is 1. The summed E-state index contributed by atoms with van der Waals surface area (Å²) in [6.07, 6.45) is 1.92. The molecule has 2 atom stereocenters. The first kappa shape index (κ1) is 22.2. The molecule has 1 aliphatic carbocycles. The van der Waals surface area contributed by atoms with E-state index in [0.29, 0.717) is 28.2 Å². The number of aliphatic carboxylic acids is 1. The van der Waals surface area contributed by atoms with Crippen molar-refractivity contribution in [2.45, 2.75) is 19.3 Å². The average Bonchev–Trinajstić information content (AvgIpc) is 3.47. The summed E-state index contributed by atoms with van der Waals surface area (Å²) in [5, 5.41) is 12.9. The van der Waals surface area contributed by atoms with Crippen LogP contribution in [0.3, 0.4) is 0 Å². The van der Waals surface area contributed by atoms with Gasteiger partial charge >= 0.3 is 5.97 Å². The van der Waals surface area contributed by atoms with Gasteiger partial charge in [-0.1, -0.05) is 54.2 Å². The number of carbonyl (C=O) groups excluding carboxylic acids is 1. The average molecular weight is 479 g/mol. The van der Waals surface area contributed by atoms with E-state index < -0.39 is 29.4 Å². The van der Waals surface area contributed by atoms with Gasteiger partial charge in [-0.2, -0.15) is 0 Å². The van der Waals surface area contributed by atoms with Crippen LogP contribution < -0.4 is 5.32 Å². The summed E-state index contributed by atoms with van der Waals surface area (Å²) in [5.41, 5.74) is 3.40. The minimum atomic E-state index is -0.899. The van der Waals surface area contributed by atoms with Gasteiger partial charge in [0.1, 0.15) is 11.6 Å². The summed E-state index contributed by atoms with van der Waals surface area (Å²) in [6, 6.07) is 16.8. The van der Waals surface area contributed by atoms with E-state index in [-0.39, 0.29) is 11.3 Å². The van der Waals surface area contributed by atoms with Crippen LogP contribution in [0.2, 0.25) is 0 Å². The first-order valence-electron chi connectivity index (χ1n) is 10.9. The van der Waals surface area contributed by atoms with Crippen molar-refractivity contribution >= 4 is 44.1 Å². The molecule has 34 heavy (non-hydrogen) atoms. The molecule has 1 aliphatic rings. The molecule has 0 saturated heterocycles. The van der Waals surface area contributed by atoms with Crippen molar-refractivity contribution in [3.8, 4) is 11.1 Å². The quantitative estimate of drug-likeness (QED) is 0.303. The topological polar surface area (TPSA) is 79.3 Å². The summed E-state index contributed by atoms with van der Waals surface area (Å²) in [7, 11) is 0. The Morgan fingerprint density at radius 2 is 1.59 bits per heavy atom. The van der Waals surface area contributed by atoms with Gasteiger partial charge in [-0.15, -0.1) is 0 Å². The third-order valence-corrected chi connectivity index (χ3v) is 7.21. The lowest BCUT2D eigenvalue weighted by Crippen LogP contribution is -2.25. The van der Waals surface area contributed by atoms with Crippen LogP contribution in [-0.2, 0) is 4.79 Å². The van der Waals surface area contributed by atoms with E-state index in [1.807, 2.05) is 36.4 Å². The van der Waals surface area contributed by atoms with Crippen LogP contribution >= 0.6 is 11.3 Å². The standard InChI is InChI=1S/C26H20F2N2O3S/c27-17-12-21(28)24-22(13-17)30-26(34-24)29-18-10-8-15(9-11-18)14-4-6-16(7-5-14)23(31)19-2-1-3-20(19)25(32)33/h4-13,19-20H,1-3H2,(H,29,30)(H,32,33). The maximum Gasteiger partial charge on any atom is 0.307 e. The molecule has 172 valence electrons. The van der Waals surface area contributed by atoms with Crippen LogP contribution in [0.15, 0.2) is 60.7 Å². The Hall–Kier alpha value is -3.65. The number of rotatable bonds is 6. The minimum Gasteiger partial charge on any atom is -0.481 e. The highest BCUT2D eigenvalue weighted by Crippen LogP contribution is 2.35. The second-order valence-electron chi connectivity index (χ2n) is 8.38. The first-order valence-corrected chi connectivity index (χ1v) is 11.7. The molecule has 1 saturated carbocycles. The number of carboxylic acid groups (broad SMARTS) is 1. The van der Waals surface area contributed by atoms with E-state index in [4.69, 9.17) is 0 Å². The van der Waals surface area contributed by atoms with Crippen molar-refractivity contribution < 1.29 is 23.5 Å². The highest BCUT2D eigenvalue weighted by atomic mass is 32.1. The Morgan fingerprint density at radius 1 is 0.941 bits per heavy atom. The van der Waals surface area contributed by atoms with Gasteiger partial charge in [-0.25, -0.2) is 13.8 Å². The zero-order valence-electron chi connectivity index (χ0n) is 17.9. The molecule has 0 bridgehead atoms. The summed E-state index contributed by atoms with van der Waals surface area (Å²) in [4.78, 5) is 28.5. The van der Waals surface area contributed by atoms with E-state index in [1.54, 1.807) is 12.1 Å². The van der Waals surface area contributed by atoms with Gasteiger partial charge in [0, 0.05) is 29.3 Å². The third kappa shape index (κ3) is 4.28. The third-order valence-electron chi connectivity index (χ3n) is 6.22. The molecule has 1 fully saturated rings. The van der Waals surface area contributed by atoms with E-state index in [0.717, 1.165) is 40.6 Å². The van der Waals surface area contributed by atoms with Gasteiger partial charge in [0.2, 0.25) is 0 Å². The molecule has 0 aliphatic heterocycles. The number of halogens is 2. The van der Waals surface area contributed by atoms with Crippen molar-refractivity contribution in [3.63, 3.8) is 0 Å². The maximum atomic E-state index is 13.9. The number of aromatic nitrogens is 1. The van der Waals surface area contributed by atoms with E-state index in [9.17, 15) is 23.5 Å². The van der Waals surface area contributed by atoms with Gasteiger partial charge in [-0.05, 0) is 36.1 Å². The van der Waals surface area contributed by atoms with Gasteiger partial charge < -0.3 is 10.4 Å². The highest BCUT2D eigenvalue weighted by molar-refractivity contribution is 7.22. The normalized spacial score (nSPS) is 17.7. The molecule has 3 aromatic carbocycles. The summed E-state index contributed by atoms with van der Waals surface area (Å²) >= 11 is 1.11. The van der Waals surface area contributed by atoms with Crippen molar-refractivity contribution in [1.82, 2.24) is 4.98 Å². The second-order valence-corrected chi connectivity index (χ2v) is 9.38. The van der Waals surface area contributed by atoms with Gasteiger partial charge in [0.05, 0.1) is 16.1 Å². The van der Waals surface area contributed by atoms with E-state index >= 15 is 0 Å². The van der Waals surface area contributed by atoms with Gasteiger partial charge in [0.25, 0.3) is 0 Å². The summed E-state index contributed by atoms with van der Waals surface area (Å²) < 4.78 is 27.6. The molecule has 5 rings (SSSR count). The molecular formula is C26H20F2N2O3S. The van der Waals surface area contributed by atoms with Gasteiger partial charge in [-0.3, -0.25) is 9.59 Å². The van der Waals surface area contributed by atoms with Crippen LogP contribution in [-0.4, -0.2) is 21.8 Å². The Morgan fingerprint density at radius 3 is 2.26 bits per heavy atom. The zero-order valence-corrected chi connectivity index (χ0v) is 18.7.